The molecule has 3 heteroatoms. The number of ether oxygens (including phenoxy) is 1. The van der Waals surface area contributed by atoms with E-state index in [0.29, 0.717) is 25.1 Å². The molecule has 1 aromatic rings. The lowest BCUT2D eigenvalue weighted by atomic mass is 10.0. The second-order valence-corrected chi connectivity index (χ2v) is 6.40. The van der Waals surface area contributed by atoms with Gasteiger partial charge < -0.3 is 15.2 Å². The molecule has 3 atom stereocenters. The standard InChI is InChI=1S/C17H25NO2/c1-12-8-14-4-2-3-5-16(14)17(12)18-9-15(19)11-20-10-13-6-7-13/h2-5,12-13,15,17-19H,6-11H2,1H3. The van der Waals surface area contributed by atoms with Crippen molar-refractivity contribution in [1.82, 2.24) is 5.32 Å². The average Bonchev–Trinajstić information content (AvgIpc) is 3.19. The van der Waals surface area contributed by atoms with Crippen LogP contribution in [0.1, 0.15) is 36.9 Å². The molecule has 3 nitrogen and oxygen atoms in total. The zero-order chi connectivity index (χ0) is 13.9. The van der Waals surface area contributed by atoms with Crippen molar-refractivity contribution in [2.45, 2.75) is 38.3 Å². The van der Waals surface area contributed by atoms with Crippen LogP contribution < -0.4 is 5.32 Å². The van der Waals surface area contributed by atoms with Gasteiger partial charge in [-0.05, 0) is 42.2 Å². The van der Waals surface area contributed by atoms with Crippen LogP contribution in [0.5, 0.6) is 0 Å². The van der Waals surface area contributed by atoms with Crippen molar-refractivity contribution in [1.29, 1.82) is 0 Å². The molecule has 1 fully saturated rings. The summed E-state index contributed by atoms with van der Waals surface area (Å²) in [5, 5.41) is 13.5. The number of nitrogens with one attached hydrogen (secondary N) is 1. The predicted molar refractivity (Wildman–Crippen MR) is 79.6 cm³/mol. The summed E-state index contributed by atoms with van der Waals surface area (Å²) >= 11 is 0. The fourth-order valence-corrected chi connectivity index (χ4v) is 3.08. The Morgan fingerprint density at radius 2 is 2.15 bits per heavy atom. The number of hydrogen-bond acceptors (Lipinski definition) is 3. The molecule has 0 bridgehead atoms. The number of benzene rings is 1. The Morgan fingerprint density at radius 1 is 1.35 bits per heavy atom. The lowest BCUT2D eigenvalue weighted by Crippen LogP contribution is -2.34. The van der Waals surface area contributed by atoms with E-state index in [0.717, 1.165) is 18.9 Å². The van der Waals surface area contributed by atoms with Crippen molar-refractivity contribution in [3.63, 3.8) is 0 Å². The molecule has 3 unspecified atom stereocenters. The molecular weight excluding hydrogens is 250 g/mol. The molecule has 2 aliphatic carbocycles. The van der Waals surface area contributed by atoms with Crippen molar-refractivity contribution in [3.05, 3.63) is 35.4 Å². The van der Waals surface area contributed by atoms with Crippen molar-refractivity contribution in [2.24, 2.45) is 11.8 Å². The minimum absolute atomic E-state index is 0.365. The lowest BCUT2D eigenvalue weighted by molar-refractivity contribution is 0.0306. The highest BCUT2D eigenvalue weighted by Gasteiger charge is 2.29. The molecule has 0 heterocycles. The van der Waals surface area contributed by atoms with Crippen LogP contribution >= 0.6 is 0 Å². The third kappa shape index (κ3) is 3.40. The first-order valence-electron chi connectivity index (χ1n) is 7.81. The fourth-order valence-electron chi connectivity index (χ4n) is 3.08. The van der Waals surface area contributed by atoms with E-state index in [1.165, 1.54) is 24.0 Å². The summed E-state index contributed by atoms with van der Waals surface area (Å²) in [6.45, 7) is 4.15. The van der Waals surface area contributed by atoms with Crippen molar-refractivity contribution in [3.8, 4) is 0 Å². The van der Waals surface area contributed by atoms with E-state index in [1.807, 2.05) is 0 Å². The Labute approximate surface area is 121 Å². The van der Waals surface area contributed by atoms with E-state index in [2.05, 4.69) is 36.5 Å². The monoisotopic (exact) mass is 275 g/mol. The van der Waals surface area contributed by atoms with Crippen molar-refractivity contribution < 1.29 is 9.84 Å². The van der Waals surface area contributed by atoms with Crippen LogP contribution in [0.2, 0.25) is 0 Å². The number of hydrogen-bond donors (Lipinski definition) is 2. The maximum Gasteiger partial charge on any atom is 0.0897 e. The predicted octanol–water partition coefficient (Wildman–Crippen LogP) is 2.30. The van der Waals surface area contributed by atoms with Crippen molar-refractivity contribution in [2.75, 3.05) is 19.8 Å². The Morgan fingerprint density at radius 3 is 2.95 bits per heavy atom. The van der Waals surface area contributed by atoms with Crippen LogP contribution in [0.3, 0.4) is 0 Å². The smallest absolute Gasteiger partial charge is 0.0897 e. The summed E-state index contributed by atoms with van der Waals surface area (Å²) in [5.41, 5.74) is 2.84. The van der Waals surface area contributed by atoms with Gasteiger partial charge in [0.15, 0.2) is 0 Å². The molecule has 0 radical (unpaired) electrons. The third-order valence-electron chi connectivity index (χ3n) is 4.44. The van der Waals surface area contributed by atoms with Crippen LogP contribution in [0.15, 0.2) is 24.3 Å². The minimum atomic E-state index is -0.409. The Balaban J connectivity index is 1.45. The average molecular weight is 275 g/mol. The molecule has 2 N–H and O–H groups in total. The van der Waals surface area contributed by atoms with Gasteiger partial charge in [-0.2, -0.15) is 0 Å². The zero-order valence-corrected chi connectivity index (χ0v) is 12.2. The Kier molecular flexibility index (Phi) is 4.39. The summed E-state index contributed by atoms with van der Waals surface area (Å²) in [6, 6.07) is 8.98. The van der Waals surface area contributed by atoms with Gasteiger partial charge in [-0.1, -0.05) is 31.2 Å². The molecule has 3 rings (SSSR count). The van der Waals surface area contributed by atoms with E-state index in [1.54, 1.807) is 0 Å². The van der Waals surface area contributed by atoms with Gasteiger partial charge in [-0.25, -0.2) is 0 Å². The van der Waals surface area contributed by atoms with Gasteiger partial charge in [0, 0.05) is 19.2 Å². The first-order chi connectivity index (χ1) is 9.74. The van der Waals surface area contributed by atoms with Gasteiger partial charge in [0.1, 0.15) is 0 Å². The highest BCUT2D eigenvalue weighted by atomic mass is 16.5. The molecule has 0 amide bonds. The highest BCUT2D eigenvalue weighted by Crippen LogP contribution is 2.35. The molecule has 0 spiro atoms. The van der Waals surface area contributed by atoms with E-state index in [9.17, 15) is 5.11 Å². The van der Waals surface area contributed by atoms with E-state index in [4.69, 9.17) is 4.74 Å². The first kappa shape index (κ1) is 14.1. The minimum Gasteiger partial charge on any atom is -0.389 e. The van der Waals surface area contributed by atoms with Gasteiger partial charge >= 0.3 is 0 Å². The summed E-state index contributed by atoms with van der Waals surface area (Å²) in [7, 11) is 0. The van der Waals surface area contributed by atoms with Gasteiger partial charge in [-0.15, -0.1) is 0 Å². The van der Waals surface area contributed by atoms with Crippen LogP contribution in [0.25, 0.3) is 0 Å². The van der Waals surface area contributed by atoms with Gasteiger partial charge in [0.25, 0.3) is 0 Å². The molecular formula is C17H25NO2. The van der Waals surface area contributed by atoms with Crippen LogP contribution in [-0.2, 0) is 11.2 Å². The number of fused-ring (bicyclic) bond motifs is 1. The summed E-state index contributed by atoms with van der Waals surface area (Å²) in [5.74, 6) is 1.35. The van der Waals surface area contributed by atoms with Crippen LogP contribution in [-0.4, -0.2) is 31.0 Å². The molecule has 110 valence electrons. The lowest BCUT2D eigenvalue weighted by Gasteiger charge is -2.21. The molecule has 0 aliphatic heterocycles. The summed E-state index contributed by atoms with van der Waals surface area (Å²) in [4.78, 5) is 0. The molecule has 0 aromatic heterocycles. The van der Waals surface area contributed by atoms with E-state index in [-0.39, 0.29) is 0 Å². The number of aliphatic hydroxyl groups excluding tert-OH is 1. The second kappa shape index (κ2) is 6.25. The van der Waals surface area contributed by atoms with Crippen molar-refractivity contribution >= 4 is 0 Å². The topological polar surface area (TPSA) is 41.5 Å². The Hall–Kier alpha value is -0.900. The van der Waals surface area contributed by atoms with Gasteiger partial charge in [0.05, 0.1) is 12.7 Å². The van der Waals surface area contributed by atoms with Crippen LogP contribution in [0, 0.1) is 11.8 Å². The molecule has 2 aliphatic rings. The molecule has 1 aromatic carbocycles. The quantitative estimate of drug-likeness (QED) is 0.802. The number of aliphatic hydroxyl groups is 1. The number of rotatable bonds is 7. The largest absolute Gasteiger partial charge is 0.389 e. The zero-order valence-electron chi connectivity index (χ0n) is 12.2. The maximum absolute atomic E-state index is 9.99. The third-order valence-corrected chi connectivity index (χ3v) is 4.44. The van der Waals surface area contributed by atoms with Crippen LogP contribution in [0.4, 0.5) is 0 Å². The van der Waals surface area contributed by atoms with Gasteiger partial charge in [-0.3, -0.25) is 0 Å². The highest BCUT2D eigenvalue weighted by molar-refractivity contribution is 5.35. The first-order valence-corrected chi connectivity index (χ1v) is 7.81. The van der Waals surface area contributed by atoms with E-state index < -0.39 is 6.10 Å². The molecule has 20 heavy (non-hydrogen) atoms. The fraction of sp³-hybridized carbons (Fsp3) is 0.647. The normalized spacial score (nSPS) is 26.5. The summed E-state index contributed by atoms with van der Waals surface area (Å²) < 4.78 is 5.54. The molecule has 1 saturated carbocycles. The van der Waals surface area contributed by atoms with Gasteiger partial charge in [0.2, 0.25) is 0 Å². The molecule has 0 saturated heterocycles. The SMILES string of the molecule is CC1Cc2ccccc2C1NCC(O)COCC1CC1. The maximum atomic E-state index is 9.99. The van der Waals surface area contributed by atoms with E-state index >= 15 is 0 Å². The summed E-state index contributed by atoms with van der Waals surface area (Å²) in [6.07, 6.45) is 3.31. The Bertz CT molecular complexity index is 444. The second-order valence-electron chi connectivity index (χ2n) is 6.40.